The summed E-state index contributed by atoms with van der Waals surface area (Å²) in [4.78, 5) is 11.6. The Labute approximate surface area is 125 Å². The predicted molar refractivity (Wildman–Crippen MR) is 86.2 cm³/mol. The van der Waals surface area contributed by atoms with Crippen molar-refractivity contribution in [2.75, 3.05) is 11.9 Å². The Morgan fingerprint density at radius 3 is 2.65 bits per heavy atom. The SMILES string of the molecule is CCOC(=O)c1ccc(NC(=S)NC(C)CC)c(C)c1. The predicted octanol–water partition coefficient (Wildman–Crippen LogP) is 3.26. The van der Waals surface area contributed by atoms with Gasteiger partial charge >= 0.3 is 5.97 Å². The van der Waals surface area contributed by atoms with Crippen molar-refractivity contribution in [1.29, 1.82) is 0 Å². The van der Waals surface area contributed by atoms with Gasteiger partial charge in [-0.25, -0.2) is 4.79 Å². The third-order valence-electron chi connectivity index (χ3n) is 2.98. The van der Waals surface area contributed by atoms with Gasteiger partial charge in [0.1, 0.15) is 0 Å². The minimum atomic E-state index is -0.303. The molecule has 0 radical (unpaired) electrons. The molecule has 5 heteroatoms. The fraction of sp³-hybridized carbons (Fsp3) is 0.467. The molecule has 1 rings (SSSR count). The van der Waals surface area contributed by atoms with E-state index in [1.807, 2.05) is 13.0 Å². The Balaban J connectivity index is 2.73. The highest BCUT2D eigenvalue weighted by Gasteiger charge is 2.09. The first-order valence-corrected chi connectivity index (χ1v) is 7.24. The molecule has 0 amide bonds. The van der Waals surface area contributed by atoms with Crippen molar-refractivity contribution >= 4 is 29.0 Å². The summed E-state index contributed by atoms with van der Waals surface area (Å²) in [5, 5.41) is 6.92. The van der Waals surface area contributed by atoms with Crippen molar-refractivity contribution < 1.29 is 9.53 Å². The van der Waals surface area contributed by atoms with Crippen LogP contribution in [0.1, 0.15) is 43.1 Å². The Hall–Kier alpha value is -1.62. The third kappa shape index (κ3) is 4.81. The van der Waals surface area contributed by atoms with Crippen LogP contribution in [-0.4, -0.2) is 23.7 Å². The molecule has 1 atom stereocenters. The van der Waals surface area contributed by atoms with E-state index in [0.29, 0.717) is 23.3 Å². The lowest BCUT2D eigenvalue weighted by molar-refractivity contribution is 0.0526. The average Bonchev–Trinajstić information content (AvgIpc) is 2.41. The number of carbonyl (C=O) groups is 1. The van der Waals surface area contributed by atoms with Crippen LogP contribution in [0, 0.1) is 6.92 Å². The summed E-state index contributed by atoms with van der Waals surface area (Å²) >= 11 is 5.25. The number of ether oxygens (including phenoxy) is 1. The zero-order valence-corrected chi connectivity index (χ0v) is 13.3. The third-order valence-corrected chi connectivity index (χ3v) is 3.20. The van der Waals surface area contributed by atoms with Crippen LogP contribution in [0.4, 0.5) is 5.69 Å². The largest absolute Gasteiger partial charge is 0.462 e. The molecule has 0 bridgehead atoms. The standard InChI is InChI=1S/C15H22N2O2S/c1-5-11(4)16-15(20)17-13-8-7-12(9-10(13)3)14(18)19-6-2/h7-9,11H,5-6H2,1-4H3,(H2,16,17,20). The van der Waals surface area contributed by atoms with E-state index in [9.17, 15) is 4.79 Å². The van der Waals surface area contributed by atoms with Crippen LogP contribution < -0.4 is 10.6 Å². The van der Waals surface area contributed by atoms with Crippen molar-refractivity contribution in [3.63, 3.8) is 0 Å². The first-order valence-electron chi connectivity index (χ1n) is 6.83. The molecular weight excluding hydrogens is 272 g/mol. The molecule has 1 unspecified atom stereocenters. The number of carbonyl (C=O) groups excluding carboxylic acids is 1. The molecule has 0 aromatic heterocycles. The number of esters is 1. The van der Waals surface area contributed by atoms with Crippen molar-refractivity contribution in [1.82, 2.24) is 5.32 Å². The number of hydrogen-bond acceptors (Lipinski definition) is 3. The van der Waals surface area contributed by atoms with Crippen molar-refractivity contribution in [3.8, 4) is 0 Å². The molecule has 0 aliphatic heterocycles. The summed E-state index contributed by atoms with van der Waals surface area (Å²) in [6.45, 7) is 8.27. The zero-order valence-electron chi connectivity index (χ0n) is 12.4. The Morgan fingerprint density at radius 1 is 1.40 bits per heavy atom. The number of aryl methyl sites for hydroxylation is 1. The van der Waals surface area contributed by atoms with E-state index in [2.05, 4.69) is 24.5 Å². The maximum absolute atomic E-state index is 11.6. The van der Waals surface area contributed by atoms with Gasteiger partial charge in [-0.15, -0.1) is 0 Å². The van der Waals surface area contributed by atoms with E-state index >= 15 is 0 Å². The van der Waals surface area contributed by atoms with Crippen LogP contribution >= 0.6 is 12.2 Å². The van der Waals surface area contributed by atoms with E-state index < -0.39 is 0 Å². The fourth-order valence-electron chi connectivity index (χ4n) is 1.63. The molecule has 0 aliphatic rings. The van der Waals surface area contributed by atoms with Crippen LogP contribution in [-0.2, 0) is 4.74 Å². The molecule has 0 heterocycles. The normalized spacial score (nSPS) is 11.6. The van der Waals surface area contributed by atoms with Gasteiger partial charge in [0.25, 0.3) is 0 Å². The highest BCUT2D eigenvalue weighted by atomic mass is 32.1. The van der Waals surface area contributed by atoms with Gasteiger partial charge in [-0.1, -0.05) is 6.92 Å². The number of anilines is 1. The summed E-state index contributed by atoms with van der Waals surface area (Å²) in [6.07, 6.45) is 1.00. The van der Waals surface area contributed by atoms with E-state index in [1.165, 1.54) is 0 Å². The van der Waals surface area contributed by atoms with Crippen molar-refractivity contribution in [3.05, 3.63) is 29.3 Å². The minimum absolute atomic E-state index is 0.303. The van der Waals surface area contributed by atoms with Crippen molar-refractivity contribution in [2.45, 2.75) is 40.2 Å². The highest BCUT2D eigenvalue weighted by Crippen LogP contribution is 2.17. The molecule has 20 heavy (non-hydrogen) atoms. The van der Waals surface area contributed by atoms with Crippen LogP contribution in [0.15, 0.2) is 18.2 Å². The van der Waals surface area contributed by atoms with Gasteiger partial charge in [-0.2, -0.15) is 0 Å². The van der Waals surface area contributed by atoms with Crippen molar-refractivity contribution in [2.24, 2.45) is 0 Å². The van der Waals surface area contributed by atoms with Gasteiger partial charge in [-0.05, 0) is 63.2 Å². The average molecular weight is 294 g/mol. The lowest BCUT2D eigenvalue weighted by Gasteiger charge is -2.16. The molecular formula is C15H22N2O2S. The lowest BCUT2D eigenvalue weighted by atomic mass is 10.1. The first kappa shape index (κ1) is 16.4. The highest BCUT2D eigenvalue weighted by molar-refractivity contribution is 7.80. The first-order chi connectivity index (χ1) is 9.47. The molecule has 0 aliphatic carbocycles. The van der Waals surface area contributed by atoms with Gasteiger partial charge in [0, 0.05) is 11.7 Å². The summed E-state index contributed by atoms with van der Waals surface area (Å²) in [7, 11) is 0. The van der Waals surface area contributed by atoms with Gasteiger partial charge in [0.05, 0.1) is 12.2 Å². The Bertz CT molecular complexity index is 489. The van der Waals surface area contributed by atoms with Gasteiger partial charge in [0.15, 0.2) is 5.11 Å². The zero-order chi connectivity index (χ0) is 15.1. The molecule has 4 nitrogen and oxygen atoms in total. The van der Waals surface area contributed by atoms with E-state index in [4.69, 9.17) is 17.0 Å². The molecule has 0 saturated heterocycles. The lowest BCUT2D eigenvalue weighted by Crippen LogP contribution is -2.35. The number of nitrogens with one attached hydrogen (secondary N) is 2. The van der Waals surface area contributed by atoms with Gasteiger partial charge < -0.3 is 15.4 Å². The second kappa shape index (κ2) is 7.85. The smallest absolute Gasteiger partial charge is 0.338 e. The summed E-state index contributed by atoms with van der Waals surface area (Å²) < 4.78 is 4.97. The second-order valence-corrected chi connectivity index (χ2v) is 5.07. The Kier molecular flexibility index (Phi) is 6.45. The quantitative estimate of drug-likeness (QED) is 0.645. The van der Waals surface area contributed by atoms with Crippen LogP contribution in [0.5, 0.6) is 0 Å². The minimum Gasteiger partial charge on any atom is -0.462 e. The van der Waals surface area contributed by atoms with Crippen LogP contribution in [0.2, 0.25) is 0 Å². The van der Waals surface area contributed by atoms with E-state index in [-0.39, 0.29) is 5.97 Å². The number of thiocarbonyl (C=S) groups is 1. The molecule has 2 N–H and O–H groups in total. The van der Waals surface area contributed by atoms with Crippen LogP contribution in [0.3, 0.4) is 0 Å². The maximum atomic E-state index is 11.6. The van der Waals surface area contributed by atoms with Crippen LogP contribution in [0.25, 0.3) is 0 Å². The summed E-state index contributed by atoms with van der Waals surface area (Å²) in [5.41, 5.74) is 2.39. The molecule has 0 saturated carbocycles. The molecule has 1 aromatic rings. The molecule has 1 aromatic carbocycles. The second-order valence-electron chi connectivity index (χ2n) is 4.66. The molecule has 0 spiro atoms. The van der Waals surface area contributed by atoms with E-state index in [0.717, 1.165) is 17.7 Å². The molecule has 110 valence electrons. The van der Waals surface area contributed by atoms with E-state index in [1.54, 1.807) is 19.1 Å². The van der Waals surface area contributed by atoms with Gasteiger partial charge in [0.2, 0.25) is 0 Å². The van der Waals surface area contributed by atoms with Gasteiger partial charge in [-0.3, -0.25) is 0 Å². The summed E-state index contributed by atoms with van der Waals surface area (Å²) in [6, 6.07) is 5.70. The number of hydrogen-bond donors (Lipinski definition) is 2. The monoisotopic (exact) mass is 294 g/mol. The number of rotatable bonds is 5. The Morgan fingerprint density at radius 2 is 2.10 bits per heavy atom. The molecule has 0 fully saturated rings. The summed E-state index contributed by atoms with van der Waals surface area (Å²) in [5.74, 6) is -0.303. The maximum Gasteiger partial charge on any atom is 0.338 e. The topological polar surface area (TPSA) is 50.4 Å². The number of benzene rings is 1. The fourth-order valence-corrected chi connectivity index (χ4v) is 1.94.